The number of Topliss-reactive ketones (excluding diaryl/α,β-unsaturated/α-hetero) is 1. The van der Waals surface area contributed by atoms with Gasteiger partial charge in [-0.1, -0.05) is 35.9 Å². The first-order valence-corrected chi connectivity index (χ1v) is 10.5. The minimum Gasteiger partial charge on any atom is -0.323 e. The van der Waals surface area contributed by atoms with Crippen molar-refractivity contribution >= 4 is 33.4 Å². The Balaban J connectivity index is 1.79. The molecular formula is C21H26BrNO3. The van der Waals surface area contributed by atoms with E-state index in [9.17, 15) is 14.4 Å². The Kier molecular flexibility index (Phi) is 4.11. The number of carbonyl (C=O) groups excluding carboxylic acids is 3. The van der Waals surface area contributed by atoms with Gasteiger partial charge in [-0.25, -0.2) is 0 Å². The Morgan fingerprint density at radius 3 is 2.65 bits per heavy atom. The van der Waals surface area contributed by atoms with Gasteiger partial charge in [-0.2, -0.15) is 0 Å². The van der Waals surface area contributed by atoms with Gasteiger partial charge in [0.25, 0.3) is 0 Å². The van der Waals surface area contributed by atoms with E-state index in [-0.39, 0.29) is 27.3 Å². The molecule has 0 unspecified atom stereocenters. The van der Waals surface area contributed by atoms with E-state index >= 15 is 0 Å². The molecule has 0 aliphatic heterocycles. The normalized spacial score (nSPS) is 44.5. The molecule has 4 rings (SSSR count). The average Bonchev–Trinajstić information content (AvgIpc) is 2.86. The summed E-state index contributed by atoms with van der Waals surface area (Å²) >= 11 is 3.83. The summed E-state index contributed by atoms with van der Waals surface area (Å²) in [6.45, 7) is 5.82. The molecule has 4 aliphatic carbocycles. The molecule has 0 bridgehead atoms. The average molecular weight is 420 g/mol. The molecular weight excluding hydrogens is 394 g/mol. The number of alkyl halides is 1. The summed E-state index contributed by atoms with van der Waals surface area (Å²) in [7, 11) is 0. The van der Waals surface area contributed by atoms with Crippen LogP contribution in [0.5, 0.6) is 0 Å². The van der Waals surface area contributed by atoms with Gasteiger partial charge < -0.3 is 5.32 Å². The smallest absolute Gasteiger partial charge is 0.221 e. The zero-order valence-electron chi connectivity index (χ0n) is 15.6. The van der Waals surface area contributed by atoms with Gasteiger partial charge >= 0.3 is 0 Å². The number of allylic oxidation sites excluding steroid dienone is 3. The van der Waals surface area contributed by atoms with Gasteiger partial charge in [0.2, 0.25) is 11.7 Å². The summed E-state index contributed by atoms with van der Waals surface area (Å²) in [6.07, 6.45) is 8.24. The largest absolute Gasteiger partial charge is 0.323 e. The second kappa shape index (κ2) is 5.88. The third-order valence-electron chi connectivity index (χ3n) is 7.69. The van der Waals surface area contributed by atoms with Crippen LogP contribution in [0.25, 0.3) is 0 Å². The Hall–Kier alpha value is -1.23. The topological polar surface area (TPSA) is 63.2 Å². The molecule has 1 N–H and O–H groups in total. The van der Waals surface area contributed by atoms with Crippen molar-refractivity contribution in [3.8, 4) is 0 Å². The summed E-state index contributed by atoms with van der Waals surface area (Å²) in [4.78, 5) is 36.7. The van der Waals surface area contributed by atoms with E-state index in [2.05, 4.69) is 41.2 Å². The molecule has 3 saturated carbocycles. The predicted octanol–water partition coefficient (Wildman–Crippen LogP) is 3.70. The summed E-state index contributed by atoms with van der Waals surface area (Å²) in [5, 5.41) is 2.80. The van der Waals surface area contributed by atoms with Crippen LogP contribution in [0.3, 0.4) is 0 Å². The first-order valence-electron chi connectivity index (χ1n) is 9.61. The van der Waals surface area contributed by atoms with Crippen molar-refractivity contribution in [1.82, 2.24) is 5.32 Å². The van der Waals surface area contributed by atoms with Crippen molar-refractivity contribution in [2.75, 3.05) is 0 Å². The minimum atomic E-state index is -0.254. The number of nitrogens with one attached hydrogen (secondary N) is 1. The summed E-state index contributed by atoms with van der Waals surface area (Å²) in [5.41, 5.74) is 1.06. The third kappa shape index (κ3) is 2.35. The molecule has 4 aliphatic rings. The molecule has 140 valence electrons. The van der Waals surface area contributed by atoms with Gasteiger partial charge in [0.15, 0.2) is 0 Å². The van der Waals surface area contributed by atoms with Crippen LogP contribution in [-0.2, 0) is 14.4 Å². The van der Waals surface area contributed by atoms with Crippen LogP contribution in [0.15, 0.2) is 23.4 Å². The lowest BCUT2D eigenvalue weighted by Crippen LogP contribution is -2.53. The second-order valence-electron chi connectivity index (χ2n) is 8.95. The fraction of sp³-hybridized carbons (Fsp3) is 0.667. The quantitative estimate of drug-likeness (QED) is 0.658. The lowest BCUT2D eigenvalue weighted by Gasteiger charge is -2.57. The van der Waals surface area contributed by atoms with E-state index in [1.54, 1.807) is 6.08 Å². The third-order valence-corrected chi connectivity index (χ3v) is 8.52. The highest BCUT2D eigenvalue weighted by molar-refractivity contribution is 9.09. The predicted molar refractivity (Wildman–Crippen MR) is 102 cm³/mol. The zero-order chi connectivity index (χ0) is 18.9. The van der Waals surface area contributed by atoms with Crippen molar-refractivity contribution in [3.05, 3.63) is 23.4 Å². The van der Waals surface area contributed by atoms with Crippen LogP contribution >= 0.6 is 15.9 Å². The lowest BCUT2D eigenvalue weighted by atomic mass is 9.48. The van der Waals surface area contributed by atoms with E-state index < -0.39 is 0 Å². The highest BCUT2D eigenvalue weighted by Crippen LogP contribution is 2.64. The van der Waals surface area contributed by atoms with Crippen molar-refractivity contribution < 1.29 is 14.4 Å². The van der Waals surface area contributed by atoms with Gasteiger partial charge in [-0.15, -0.1) is 0 Å². The molecule has 0 aromatic heterocycles. The molecule has 4 nitrogen and oxygen atoms in total. The van der Waals surface area contributed by atoms with Crippen LogP contribution in [0, 0.1) is 28.6 Å². The van der Waals surface area contributed by atoms with Crippen LogP contribution in [-0.4, -0.2) is 22.3 Å². The molecule has 0 aromatic carbocycles. The van der Waals surface area contributed by atoms with Crippen molar-refractivity contribution in [3.63, 3.8) is 0 Å². The van der Waals surface area contributed by atoms with Crippen LogP contribution in [0.1, 0.15) is 52.9 Å². The molecule has 0 heterocycles. The van der Waals surface area contributed by atoms with Gasteiger partial charge in [0, 0.05) is 29.0 Å². The van der Waals surface area contributed by atoms with Gasteiger partial charge in [0.05, 0.1) is 5.70 Å². The summed E-state index contributed by atoms with van der Waals surface area (Å²) in [5.74, 6) is 1.41. The van der Waals surface area contributed by atoms with E-state index in [1.165, 1.54) is 6.92 Å². The Morgan fingerprint density at radius 1 is 1.23 bits per heavy atom. The summed E-state index contributed by atoms with van der Waals surface area (Å²) < 4.78 is 0. The second-order valence-corrected chi connectivity index (χ2v) is 10.1. The van der Waals surface area contributed by atoms with Crippen LogP contribution in [0.4, 0.5) is 0 Å². The maximum absolute atomic E-state index is 12.5. The van der Waals surface area contributed by atoms with Gasteiger partial charge in [0.1, 0.15) is 5.78 Å². The first-order chi connectivity index (χ1) is 12.2. The zero-order valence-corrected chi connectivity index (χ0v) is 17.2. The number of ketones is 2. The molecule has 0 radical (unpaired) electrons. The molecule has 6 atom stereocenters. The highest BCUT2D eigenvalue weighted by Gasteiger charge is 2.60. The number of amides is 1. The lowest BCUT2D eigenvalue weighted by molar-refractivity contribution is -0.131. The van der Waals surface area contributed by atoms with Crippen LogP contribution < -0.4 is 5.32 Å². The Morgan fingerprint density at radius 2 is 1.96 bits per heavy atom. The van der Waals surface area contributed by atoms with E-state index in [0.29, 0.717) is 35.7 Å². The van der Waals surface area contributed by atoms with E-state index in [4.69, 9.17) is 0 Å². The van der Waals surface area contributed by atoms with Crippen molar-refractivity contribution in [2.45, 2.75) is 57.7 Å². The van der Waals surface area contributed by atoms with Crippen LogP contribution in [0.2, 0.25) is 0 Å². The monoisotopic (exact) mass is 419 g/mol. The summed E-state index contributed by atoms with van der Waals surface area (Å²) in [6, 6.07) is 0. The number of rotatable bonds is 1. The number of hydrogen-bond donors (Lipinski definition) is 1. The standard InChI is InChI=1S/C21H26BrNO3/c1-11(24)23-19-16(25)7-9-21(3)14-6-8-20(2)13(4-5-17(20)26)12(14)10-15(22)18(19)21/h7,9,12-15H,4-6,8,10H2,1-3H3,(H,23,24)/t12-,13-,14-,15+,20-,21+/m0/s1. The van der Waals surface area contributed by atoms with Crippen molar-refractivity contribution in [2.24, 2.45) is 28.6 Å². The first kappa shape index (κ1) is 18.1. The minimum absolute atomic E-state index is 0.0440. The van der Waals surface area contributed by atoms with Crippen molar-refractivity contribution in [1.29, 1.82) is 0 Å². The van der Waals surface area contributed by atoms with Gasteiger partial charge in [-0.3, -0.25) is 14.4 Å². The fourth-order valence-electron chi connectivity index (χ4n) is 6.43. The molecule has 3 fully saturated rings. The molecule has 0 aromatic rings. The SMILES string of the molecule is CC(=O)NC1=C2[C@H](Br)C[C@@H]3[C@H](CC[C@]4(C)C(=O)CC[C@@H]34)[C@@]2(C)C=CC1=O. The maximum Gasteiger partial charge on any atom is 0.221 e. The molecule has 0 spiro atoms. The Bertz CT molecular complexity index is 769. The highest BCUT2D eigenvalue weighted by atomic mass is 79.9. The van der Waals surface area contributed by atoms with E-state index in [1.807, 2.05) is 0 Å². The van der Waals surface area contributed by atoms with Gasteiger partial charge in [-0.05, 0) is 55.1 Å². The number of hydrogen-bond acceptors (Lipinski definition) is 3. The molecule has 0 saturated heterocycles. The molecule has 5 heteroatoms. The molecule has 1 amide bonds. The maximum atomic E-state index is 12.5. The molecule has 26 heavy (non-hydrogen) atoms. The number of carbonyl (C=O) groups is 3. The number of halogens is 1. The van der Waals surface area contributed by atoms with E-state index in [0.717, 1.165) is 31.3 Å². The fourth-order valence-corrected chi connectivity index (χ4v) is 7.59. The number of fused-ring (bicyclic) bond motifs is 5. The Labute approximate surface area is 163 Å².